The van der Waals surface area contributed by atoms with E-state index in [9.17, 15) is 31.1 Å². The SMILES string of the molecule is O=C(O)c1sc(-c2cccc3cc(Cc4cccc(C(F)(F)F)c4)sc23)nc1C(F)(F)F. The van der Waals surface area contributed by atoms with Crippen LogP contribution in [0, 0.1) is 0 Å². The molecule has 1 N–H and O–H groups in total. The number of alkyl halides is 6. The van der Waals surface area contributed by atoms with Crippen molar-refractivity contribution in [2.45, 2.75) is 18.8 Å². The van der Waals surface area contributed by atoms with E-state index in [0.29, 0.717) is 37.4 Å². The van der Waals surface area contributed by atoms with Crippen LogP contribution in [0.1, 0.15) is 31.4 Å². The summed E-state index contributed by atoms with van der Waals surface area (Å²) >= 11 is 1.65. The van der Waals surface area contributed by atoms with Gasteiger partial charge in [0.2, 0.25) is 0 Å². The lowest BCUT2D eigenvalue weighted by Gasteiger charge is -2.08. The molecule has 0 aliphatic rings. The maximum atomic E-state index is 13.2. The van der Waals surface area contributed by atoms with Crippen LogP contribution in [-0.2, 0) is 18.8 Å². The van der Waals surface area contributed by atoms with Gasteiger partial charge in [0.15, 0.2) is 5.69 Å². The van der Waals surface area contributed by atoms with Crippen molar-refractivity contribution < 1.29 is 36.2 Å². The number of thiazole rings is 1. The van der Waals surface area contributed by atoms with Crippen LogP contribution in [0.5, 0.6) is 0 Å². The highest BCUT2D eigenvalue weighted by Gasteiger charge is 2.40. The van der Waals surface area contributed by atoms with Gasteiger partial charge in [0.1, 0.15) is 9.88 Å². The van der Waals surface area contributed by atoms with Crippen molar-refractivity contribution in [1.29, 1.82) is 0 Å². The molecule has 4 aromatic rings. The Morgan fingerprint density at radius 3 is 2.28 bits per heavy atom. The van der Waals surface area contributed by atoms with E-state index in [4.69, 9.17) is 5.11 Å². The molecule has 3 nitrogen and oxygen atoms in total. The summed E-state index contributed by atoms with van der Waals surface area (Å²) in [6.45, 7) is 0. The van der Waals surface area contributed by atoms with Gasteiger partial charge in [-0.1, -0.05) is 36.4 Å². The molecule has 2 aromatic heterocycles. The first kappa shape index (κ1) is 22.3. The van der Waals surface area contributed by atoms with Gasteiger partial charge < -0.3 is 5.11 Å². The van der Waals surface area contributed by atoms with Gasteiger partial charge in [-0.3, -0.25) is 0 Å². The minimum Gasteiger partial charge on any atom is -0.477 e. The smallest absolute Gasteiger partial charge is 0.435 e. The van der Waals surface area contributed by atoms with Crippen molar-refractivity contribution >= 4 is 38.7 Å². The summed E-state index contributed by atoms with van der Waals surface area (Å²) in [6.07, 6.45) is -9.18. The summed E-state index contributed by atoms with van der Waals surface area (Å²) in [4.78, 5) is 14.6. The molecule has 0 fully saturated rings. The molecule has 0 saturated heterocycles. The number of rotatable bonds is 4. The molecule has 2 aromatic carbocycles. The molecule has 0 amide bonds. The largest absolute Gasteiger partial charge is 0.477 e. The molecule has 2 heterocycles. The average Bonchev–Trinajstić information content (AvgIpc) is 3.31. The van der Waals surface area contributed by atoms with E-state index in [-0.39, 0.29) is 11.4 Å². The Labute approximate surface area is 184 Å². The molecule has 0 bridgehead atoms. The average molecular weight is 487 g/mol. The maximum Gasteiger partial charge on any atom is 0.435 e. The molecule has 11 heteroatoms. The molecule has 0 aliphatic heterocycles. The summed E-state index contributed by atoms with van der Waals surface area (Å²) < 4.78 is 79.1. The van der Waals surface area contributed by atoms with E-state index >= 15 is 0 Å². The Morgan fingerprint density at radius 2 is 1.66 bits per heavy atom. The Kier molecular flexibility index (Phi) is 5.49. The van der Waals surface area contributed by atoms with Crippen molar-refractivity contribution in [3.05, 3.63) is 75.1 Å². The zero-order valence-corrected chi connectivity index (χ0v) is 17.3. The first-order valence-corrected chi connectivity index (χ1v) is 10.6. The number of thiophene rings is 1. The first-order valence-electron chi connectivity index (χ1n) is 8.93. The van der Waals surface area contributed by atoms with Gasteiger partial charge in [-0.2, -0.15) is 26.3 Å². The Morgan fingerprint density at radius 1 is 0.938 bits per heavy atom. The van der Waals surface area contributed by atoms with Crippen LogP contribution in [0.2, 0.25) is 0 Å². The fourth-order valence-corrected chi connectivity index (χ4v) is 5.43. The van der Waals surface area contributed by atoms with E-state index in [1.165, 1.54) is 23.5 Å². The second kappa shape index (κ2) is 7.89. The summed E-state index contributed by atoms with van der Waals surface area (Å²) in [7, 11) is 0. The molecule has 0 atom stereocenters. The van der Waals surface area contributed by atoms with Crippen molar-refractivity contribution in [3.8, 4) is 10.6 Å². The molecule has 166 valence electrons. The standard InChI is InChI=1S/C21H11F6NO2S2/c22-20(23,24)12-5-1-3-10(7-12)8-13-9-11-4-2-6-14(15(11)31-13)18-28-17(21(25,26)27)16(32-18)19(29)30/h1-7,9H,8H2,(H,29,30). The highest BCUT2D eigenvalue weighted by molar-refractivity contribution is 7.21. The minimum atomic E-state index is -4.92. The molecule has 0 radical (unpaired) electrons. The number of benzene rings is 2. The summed E-state index contributed by atoms with van der Waals surface area (Å²) in [5.41, 5.74) is -1.44. The Bertz CT molecular complexity index is 1320. The van der Waals surface area contributed by atoms with E-state index in [0.717, 1.165) is 12.1 Å². The summed E-state index contributed by atoms with van der Waals surface area (Å²) in [5, 5.41) is 9.73. The fraction of sp³-hybridized carbons (Fsp3) is 0.143. The van der Waals surface area contributed by atoms with Gasteiger partial charge >= 0.3 is 18.3 Å². The van der Waals surface area contributed by atoms with Crippen molar-refractivity contribution in [2.75, 3.05) is 0 Å². The minimum absolute atomic E-state index is 0.0900. The second-order valence-corrected chi connectivity index (χ2v) is 8.95. The van der Waals surface area contributed by atoms with E-state index in [1.807, 2.05) is 0 Å². The molecule has 0 saturated carbocycles. The number of aromatic nitrogens is 1. The van der Waals surface area contributed by atoms with Gasteiger partial charge in [0.05, 0.1) is 5.56 Å². The number of fused-ring (bicyclic) bond motifs is 1. The number of halogens is 6. The van der Waals surface area contributed by atoms with Crippen LogP contribution in [-0.4, -0.2) is 16.1 Å². The van der Waals surface area contributed by atoms with Crippen LogP contribution < -0.4 is 0 Å². The van der Waals surface area contributed by atoms with Gasteiger partial charge in [-0.15, -0.1) is 22.7 Å². The van der Waals surface area contributed by atoms with Crippen molar-refractivity contribution in [1.82, 2.24) is 4.98 Å². The quantitative estimate of drug-likeness (QED) is 0.306. The van der Waals surface area contributed by atoms with Crippen molar-refractivity contribution in [2.24, 2.45) is 0 Å². The molecule has 0 unspecified atom stereocenters. The maximum absolute atomic E-state index is 13.2. The normalized spacial score (nSPS) is 12.4. The molecule has 32 heavy (non-hydrogen) atoms. The number of carbonyl (C=O) groups is 1. The molecular weight excluding hydrogens is 476 g/mol. The van der Waals surface area contributed by atoms with Gasteiger partial charge in [-0.25, -0.2) is 9.78 Å². The topological polar surface area (TPSA) is 50.2 Å². The van der Waals surface area contributed by atoms with Crippen LogP contribution in [0.3, 0.4) is 0 Å². The third kappa shape index (κ3) is 4.35. The lowest BCUT2D eigenvalue weighted by atomic mass is 10.1. The van der Waals surface area contributed by atoms with E-state index in [1.54, 1.807) is 24.3 Å². The highest BCUT2D eigenvalue weighted by Crippen LogP contribution is 2.42. The molecule has 4 rings (SSSR count). The number of carboxylic acid groups (broad SMARTS) is 1. The Hall–Kier alpha value is -2.92. The third-order valence-corrected chi connectivity index (χ3v) is 6.81. The highest BCUT2D eigenvalue weighted by atomic mass is 32.1. The molecule has 0 spiro atoms. The number of hydrogen-bond acceptors (Lipinski definition) is 4. The summed E-state index contributed by atoms with van der Waals surface area (Å²) in [5.74, 6) is -1.72. The zero-order chi connectivity index (χ0) is 23.3. The fourth-order valence-electron chi connectivity index (χ4n) is 3.20. The summed E-state index contributed by atoms with van der Waals surface area (Å²) in [6, 6.07) is 11.5. The number of carboxylic acids is 1. The lowest BCUT2D eigenvalue weighted by Crippen LogP contribution is -2.11. The van der Waals surface area contributed by atoms with Gasteiger partial charge in [0.25, 0.3) is 0 Å². The monoisotopic (exact) mass is 487 g/mol. The lowest BCUT2D eigenvalue weighted by molar-refractivity contribution is -0.141. The van der Waals surface area contributed by atoms with Crippen LogP contribution in [0.25, 0.3) is 20.7 Å². The van der Waals surface area contributed by atoms with E-state index in [2.05, 4.69) is 4.98 Å². The van der Waals surface area contributed by atoms with Gasteiger partial charge in [-0.05, 0) is 23.1 Å². The first-order chi connectivity index (χ1) is 14.9. The Balaban J connectivity index is 1.75. The second-order valence-electron chi connectivity index (χ2n) is 6.81. The number of hydrogen-bond donors (Lipinski definition) is 1. The number of nitrogens with zero attached hydrogens (tertiary/aromatic N) is 1. The van der Waals surface area contributed by atoms with Gasteiger partial charge in [0, 0.05) is 21.6 Å². The van der Waals surface area contributed by atoms with Crippen molar-refractivity contribution in [3.63, 3.8) is 0 Å². The zero-order valence-electron chi connectivity index (χ0n) is 15.7. The number of aromatic carboxylic acids is 1. The predicted octanol–water partition coefficient (Wildman–Crippen LogP) is 7.35. The van der Waals surface area contributed by atoms with E-state index < -0.39 is 34.5 Å². The molecule has 0 aliphatic carbocycles. The van der Waals surface area contributed by atoms with Crippen LogP contribution in [0.4, 0.5) is 26.3 Å². The predicted molar refractivity (Wildman–Crippen MR) is 109 cm³/mol. The third-order valence-electron chi connectivity index (χ3n) is 4.55. The van der Waals surface area contributed by atoms with Crippen LogP contribution >= 0.6 is 22.7 Å². The molecular formula is C21H11F6NO2S2. The van der Waals surface area contributed by atoms with Crippen LogP contribution in [0.15, 0.2) is 48.5 Å².